The van der Waals surface area contributed by atoms with Gasteiger partial charge in [-0.3, -0.25) is 4.79 Å². The first kappa shape index (κ1) is 19.1. The summed E-state index contributed by atoms with van der Waals surface area (Å²) in [4.78, 5) is 14.2. The maximum Gasteiger partial charge on any atom is 0.306 e. The number of rotatable bonds is 8. The molecule has 0 saturated heterocycles. The van der Waals surface area contributed by atoms with E-state index in [1.165, 1.54) is 0 Å². The Morgan fingerprint density at radius 2 is 1.88 bits per heavy atom. The topological polar surface area (TPSA) is 76.8 Å². The molecule has 0 aliphatic heterocycles. The summed E-state index contributed by atoms with van der Waals surface area (Å²) in [6.07, 6.45) is 2.95. The number of carbonyl (C=O) groups excluding carboxylic acids is 1. The van der Waals surface area contributed by atoms with Crippen LogP contribution >= 0.6 is 0 Å². The van der Waals surface area contributed by atoms with Crippen molar-refractivity contribution < 1.29 is 21.8 Å². The van der Waals surface area contributed by atoms with Gasteiger partial charge in [0.1, 0.15) is 11.5 Å². The third-order valence-electron chi connectivity index (χ3n) is 3.44. The highest BCUT2D eigenvalue weighted by atomic mass is 32.2. The Morgan fingerprint density at radius 1 is 1.16 bits per heavy atom. The van der Waals surface area contributed by atoms with Gasteiger partial charge in [-0.2, -0.15) is 8.42 Å². The summed E-state index contributed by atoms with van der Waals surface area (Å²) in [5.74, 6) is 1.08. The van der Waals surface area contributed by atoms with Crippen molar-refractivity contribution in [3.8, 4) is 5.75 Å². The molecule has 0 N–H and O–H groups in total. The number of benzene rings is 1. The second kappa shape index (κ2) is 8.20. The van der Waals surface area contributed by atoms with Crippen LogP contribution in [0.15, 0.2) is 47.1 Å². The van der Waals surface area contributed by atoms with Gasteiger partial charge in [0.05, 0.1) is 19.1 Å². The van der Waals surface area contributed by atoms with Gasteiger partial charge in [0.25, 0.3) is 0 Å². The van der Waals surface area contributed by atoms with Crippen LogP contribution in [0.3, 0.4) is 0 Å². The van der Waals surface area contributed by atoms with Crippen molar-refractivity contribution in [1.82, 2.24) is 4.90 Å². The smallest absolute Gasteiger partial charge is 0.306 e. The van der Waals surface area contributed by atoms with Crippen molar-refractivity contribution in [1.29, 1.82) is 0 Å². The largest absolute Gasteiger partial charge is 0.467 e. The SMILES string of the molecule is CC(C)CC(=O)N(Cc1ccco1)Cc1ccccc1OS(C)(=O)=O. The van der Waals surface area contributed by atoms with E-state index in [0.29, 0.717) is 24.3 Å². The fourth-order valence-electron chi connectivity index (χ4n) is 2.39. The molecule has 7 heteroatoms. The van der Waals surface area contributed by atoms with Crippen molar-refractivity contribution in [2.75, 3.05) is 6.26 Å². The number of hydrogen-bond donors (Lipinski definition) is 0. The lowest BCUT2D eigenvalue weighted by Gasteiger charge is -2.23. The summed E-state index contributed by atoms with van der Waals surface area (Å²) in [6.45, 7) is 4.50. The molecule has 0 spiro atoms. The van der Waals surface area contributed by atoms with E-state index in [1.807, 2.05) is 13.8 Å². The molecule has 0 aliphatic carbocycles. The predicted octanol–water partition coefficient (Wildman–Crippen LogP) is 3.19. The minimum atomic E-state index is -3.65. The van der Waals surface area contributed by atoms with Gasteiger partial charge >= 0.3 is 10.1 Å². The molecule has 0 radical (unpaired) electrons. The zero-order valence-electron chi connectivity index (χ0n) is 14.6. The Bertz CT molecular complexity index is 797. The number of furan rings is 1. The Kier molecular flexibility index (Phi) is 6.25. The van der Waals surface area contributed by atoms with Crippen LogP contribution in [0, 0.1) is 5.92 Å². The van der Waals surface area contributed by atoms with Crippen molar-refractivity contribution in [3.05, 3.63) is 54.0 Å². The van der Waals surface area contributed by atoms with Gasteiger partial charge in [-0.05, 0) is 24.1 Å². The molecule has 0 bridgehead atoms. The van der Waals surface area contributed by atoms with Crippen LogP contribution in [0.5, 0.6) is 5.75 Å². The lowest BCUT2D eigenvalue weighted by molar-refractivity contribution is -0.133. The fourth-order valence-corrected chi connectivity index (χ4v) is 2.87. The molecule has 6 nitrogen and oxygen atoms in total. The second-order valence-corrected chi connectivity index (χ2v) is 7.90. The van der Waals surface area contributed by atoms with Crippen LogP contribution < -0.4 is 4.18 Å². The van der Waals surface area contributed by atoms with E-state index < -0.39 is 10.1 Å². The van der Waals surface area contributed by atoms with Crippen LogP contribution in [-0.2, 0) is 28.0 Å². The van der Waals surface area contributed by atoms with E-state index in [0.717, 1.165) is 6.26 Å². The molecule has 2 rings (SSSR count). The molecule has 1 heterocycles. The minimum Gasteiger partial charge on any atom is -0.467 e. The van der Waals surface area contributed by atoms with Gasteiger partial charge in [0.2, 0.25) is 5.91 Å². The average Bonchev–Trinajstić information content (AvgIpc) is 2.99. The molecule has 136 valence electrons. The van der Waals surface area contributed by atoms with E-state index in [-0.39, 0.29) is 24.1 Å². The molecule has 1 amide bonds. The Hall–Kier alpha value is -2.28. The summed E-state index contributed by atoms with van der Waals surface area (Å²) < 4.78 is 33.3. The molecular formula is C18H23NO5S. The first-order valence-corrected chi connectivity index (χ1v) is 9.84. The van der Waals surface area contributed by atoms with Gasteiger partial charge in [-0.1, -0.05) is 32.0 Å². The zero-order chi connectivity index (χ0) is 18.4. The first-order chi connectivity index (χ1) is 11.7. The number of amides is 1. The van der Waals surface area contributed by atoms with Crippen molar-refractivity contribution in [2.24, 2.45) is 5.92 Å². The van der Waals surface area contributed by atoms with E-state index >= 15 is 0 Å². The summed E-state index contributed by atoms with van der Waals surface area (Å²) in [7, 11) is -3.65. The Morgan fingerprint density at radius 3 is 2.48 bits per heavy atom. The summed E-state index contributed by atoms with van der Waals surface area (Å²) in [5.41, 5.74) is 0.622. The molecule has 1 aromatic carbocycles. The number of hydrogen-bond acceptors (Lipinski definition) is 5. The van der Waals surface area contributed by atoms with E-state index in [9.17, 15) is 13.2 Å². The molecule has 1 aromatic heterocycles. The molecule has 2 aromatic rings. The molecule has 0 fully saturated rings. The maximum atomic E-state index is 12.6. The Balaban J connectivity index is 2.25. The van der Waals surface area contributed by atoms with Crippen LogP contribution in [-0.4, -0.2) is 25.5 Å². The molecule has 0 atom stereocenters. The van der Waals surface area contributed by atoms with Crippen molar-refractivity contribution in [3.63, 3.8) is 0 Å². The normalized spacial score (nSPS) is 11.5. The molecule has 0 aliphatic rings. The third kappa shape index (κ3) is 6.26. The third-order valence-corrected chi connectivity index (χ3v) is 3.92. The number of para-hydroxylation sites is 1. The van der Waals surface area contributed by atoms with E-state index in [1.54, 1.807) is 47.6 Å². The quantitative estimate of drug-likeness (QED) is 0.672. The molecular weight excluding hydrogens is 342 g/mol. The van der Waals surface area contributed by atoms with E-state index in [2.05, 4.69) is 0 Å². The van der Waals surface area contributed by atoms with Crippen LogP contribution in [0.25, 0.3) is 0 Å². The highest BCUT2D eigenvalue weighted by molar-refractivity contribution is 7.86. The van der Waals surface area contributed by atoms with Gasteiger partial charge in [0.15, 0.2) is 0 Å². The first-order valence-electron chi connectivity index (χ1n) is 8.02. The molecule has 25 heavy (non-hydrogen) atoms. The predicted molar refractivity (Wildman–Crippen MR) is 94.3 cm³/mol. The highest BCUT2D eigenvalue weighted by Crippen LogP contribution is 2.23. The summed E-state index contributed by atoms with van der Waals surface area (Å²) in [5, 5.41) is 0. The lowest BCUT2D eigenvalue weighted by atomic mass is 10.1. The average molecular weight is 365 g/mol. The minimum absolute atomic E-state index is 0.0273. The van der Waals surface area contributed by atoms with Gasteiger partial charge < -0.3 is 13.5 Å². The lowest BCUT2D eigenvalue weighted by Crippen LogP contribution is -2.31. The summed E-state index contributed by atoms with van der Waals surface area (Å²) >= 11 is 0. The molecule has 0 saturated carbocycles. The van der Waals surface area contributed by atoms with Crippen LogP contribution in [0.1, 0.15) is 31.6 Å². The van der Waals surface area contributed by atoms with E-state index in [4.69, 9.17) is 8.60 Å². The highest BCUT2D eigenvalue weighted by Gasteiger charge is 2.19. The second-order valence-electron chi connectivity index (χ2n) is 6.32. The van der Waals surface area contributed by atoms with Gasteiger partial charge in [0, 0.05) is 18.5 Å². The fraction of sp³-hybridized carbons (Fsp3) is 0.389. The van der Waals surface area contributed by atoms with Gasteiger partial charge in [-0.25, -0.2) is 0 Å². The number of nitrogens with zero attached hydrogens (tertiary/aromatic N) is 1. The molecule has 0 unspecified atom stereocenters. The monoisotopic (exact) mass is 365 g/mol. The maximum absolute atomic E-state index is 12.6. The Labute approximate surface area is 148 Å². The van der Waals surface area contributed by atoms with Crippen molar-refractivity contribution >= 4 is 16.0 Å². The number of carbonyl (C=O) groups is 1. The van der Waals surface area contributed by atoms with Crippen LogP contribution in [0.2, 0.25) is 0 Å². The van der Waals surface area contributed by atoms with Gasteiger partial charge in [-0.15, -0.1) is 0 Å². The van der Waals surface area contributed by atoms with Crippen LogP contribution in [0.4, 0.5) is 0 Å². The zero-order valence-corrected chi connectivity index (χ0v) is 15.5. The standard InChI is InChI=1S/C18H23NO5S/c1-14(2)11-18(20)19(13-16-8-6-10-23-16)12-15-7-4-5-9-17(15)24-25(3,21)22/h4-10,14H,11-13H2,1-3H3. The summed E-state index contributed by atoms with van der Waals surface area (Å²) in [6, 6.07) is 10.4. The van der Waals surface area contributed by atoms with Crippen molar-refractivity contribution in [2.45, 2.75) is 33.4 Å².